The summed E-state index contributed by atoms with van der Waals surface area (Å²) in [6.45, 7) is 1.60. The first-order chi connectivity index (χ1) is 8.52. The Morgan fingerprint density at radius 3 is 2.89 bits per heavy atom. The summed E-state index contributed by atoms with van der Waals surface area (Å²) in [5, 5.41) is 0. The molecule has 4 nitrogen and oxygen atoms in total. The van der Waals surface area contributed by atoms with Crippen molar-refractivity contribution in [3.05, 3.63) is 34.1 Å². The molecule has 0 spiro atoms. The summed E-state index contributed by atoms with van der Waals surface area (Å²) in [6.07, 6.45) is 0. The molecule has 0 fully saturated rings. The molecule has 0 heterocycles. The number of nitrogens with two attached hydrogens (primary N) is 1. The lowest BCUT2D eigenvalue weighted by Gasteiger charge is -2.21. The van der Waals surface area contributed by atoms with Crippen LogP contribution in [0.2, 0.25) is 0 Å². The topological polar surface area (TPSA) is 55.6 Å². The third kappa shape index (κ3) is 5.12. The van der Waals surface area contributed by atoms with Gasteiger partial charge in [-0.15, -0.1) is 0 Å². The number of primary amides is 1. The van der Waals surface area contributed by atoms with Crippen molar-refractivity contribution in [1.82, 2.24) is 4.90 Å². The quantitative estimate of drug-likeness (QED) is 0.829. The minimum atomic E-state index is -0.418. The molecule has 0 bridgehead atoms. The highest BCUT2D eigenvalue weighted by Gasteiger charge is 2.11. The SMILES string of the molecule is COCCN(CC(N)=O)Cc1cc(F)ccc1Br. The second kappa shape index (κ2) is 7.45. The van der Waals surface area contributed by atoms with Gasteiger partial charge < -0.3 is 10.5 Å². The van der Waals surface area contributed by atoms with Crippen LogP contribution in [0.4, 0.5) is 4.39 Å². The maximum atomic E-state index is 13.2. The fraction of sp³-hybridized carbons (Fsp3) is 0.417. The van der Waals surface area contributed by atoms with Gasteiger partial charge in [0.1, 0.15) is 5.82 Å². The van der Waals surface area contributed by atoms with E-state index in [4.69, 9.17) is 10.5 Å². The van der Waals surface area contributed by atoms with Crippen molar-refractivity contribution in [2.45, 2.75) is 6.54 Å². The number of benzene rings is 1. The fourth-order valence-corrected chi connectivity index (χ4v) is 1.93. The lowest BCUT2D eigenvalue weighted by molar-refractivity contribution is -0.119. The third-order valence-electron chi connectivity index (χ3n) is 2.39. The van der Waals surface area contributed by atoms with E-state index in [9.17, 15) is 9.18 Å². The van der Waals surface area contributed by atoms with Crippen LogP contribution in [-0.4, -0.2) is 37.6 Å². The van der Waals surface area contributed by atoms with E-state index in [0.717, 1.165) is 10.0 Å². The van der Waals surface area contributed by atoms with E-state index in [1.165, 1.54) is 12.1 Å². The molecule has 0 saturated carbocycles. The second-order valence-corrected chi connectivity index (χ2v) is 4.76. The van der Waals surface area contributed by atoms with Crippen LogP contribution < -0.4 is 5.73 Å². The van der Waals surface area contributed by atoms with Crippen molar-refractivity contribution in [3.63, 3.8) is 0 Å². The average molecular weight is 319 g/mol. The van der Waals surface area contributed by atoms with Gasteiger partial charge in [0.2, 0.25) is 5.91 Å². The van der Waals surface area contributed by atoms with Gasteiger partial charge >= 0.3 is 0 Å². The van der Waals surface area contributed by atoms with Gasteiger partial charge in [-0.05, 0) is 23.8 Å². The minimum Gasteiger partial charge on any atom is -0.383 e. The molecule has 0 saturated heterocycles. The molecule has 2 N–H and O–H groups in total. The van der Waals surface area contributed by atoms with Crippen LogP contribution in [0, 0.1) is 5.82 Å². The average Bonchev–Trinajstić information content (AvgIpc) is 2.30. The van der Waals surface area contributed by atoms with Gasteiger partial charge in [-0.1, -0.05) is 15.9 Å². The number of ether oxygens (including phenoxy) is 1. The Balaban J connectivity index is 2.74. The highest BCUT2D eigenvalue weighted by Crippen LogP contribution is 2.19. The Morgan fingerprint density at radius 2 is 2.28 bits per heavy atom. The Labute approximate surface area is 114 Å². The number of hydrogen-bond donors (Lipinski definition) is 1. The molecule has 0 aliphatic heterocycles. The van der Waals surface area contributed by atoms with Gasteiger partial charge in [0, 0.05) is 24.7 Å². The molecule has 1 aromatic carbocycles. The predicted octanol–water partition coefficient (Wildman–Crippen LogP) is 1.52. The van der Waals surface area contributed by atoms with Crippen molar-refractivity contribution in [1.29, 1.82) is 0 Å². The number of hydrogen-bond acceptors (Lipinski definition) is 3. The van der Waals surface area contributed by atoms with Crippen molar-refractivity contribution in [3.8, 4) is 0 Å². The van der Waals surface area contributed by atoms with E-state index in [0.29, 0.717) is 19.7 Å². The molecular formula is C12H16BrFN2O2. The summed E-state index contributed by atoms with van der Waals surface area (Å²) in [4.78, 5) is 12.8. The van der Waals surface area contributed by atoms with E-state index in [2.05, 4.69) is 15.9 Å². The van der Waals surface area contributed by atoms with Crippen LogP contribution in [0.25, 0.3) is 0 Å². The third-order valence-corrected chi connectivity index (χ3v) is 3.17. The molecule has 6 heteroatoms. The van der Waals surface area contributed by atoms with Crippen molar-refractivity contribution in [2.75, 3.05) is 26.8 Å². The molecule has 0 aliphatic rings. The van der Waals surface area contributed by atoms with Crippen LogP contribution >= 0.6 is 15.9 Å². The molecule has 100 valence electrons. The van der Waals surface area contributed by atoms with Gasteiger partial charge in [-0.3, -0.25) is 9.69 Å². The van der Waals surface area contributed by atoms with Crippen LogP contribution in [0.1, 0.15) is 5.56 Å². The van der Waals surface area contributed by atoms with Crippen molar-refractivity contribution >= 4 is 21.8 Å². The summed E-state index contributed by atoms with van der Waals surface area (Å²) >= 11 is 3.35. The molecule has 18 heavy (non-hydrogen) atoms. The molecular weight excluding hydrogens is 303 g/mol. The van der Waals surface area contributed by atoms with E-state index in [1.807, 2.05) is 4.90 Å². The highest BCUT2D eigenvalue weighted by atomic mass is 79.9. The molecule has 0 radical (unpaired) electrons. The number of carbonyl (C=O) groups is 1. The van der Waals surface area contributed by atoms with E-state index < -0.39 is 5.91 Å². The first-order valence-corrected chi connectivity index (χ1v) is 6.25. The summed E-state index contributed by atoms with van der Waals surface area (Å²) in [5.41, 5.74) is 5.95. The molecule has 1 rings (SSSR count). The van der Waals surface area contributed by atoms with Crippen LogP contribution in [0.5, 0.6) is 0 Å². The maximum absolute atomic E-state index is 13.2. The zero-order chi connectivity index (χ0) is 13.5. The van der Waals surface area contributed by atoms with Crippen LogP contribution in [-0.2, 0) is 16.1 Å². The summed E-state index contributed by atoms with van der Waals surface area (Å²) in [7, 11) is 1.58. The predicted molar refractivity (Wildman–Crippen MR) is 70.4 cm³/mol. The number of carbonyl (C=O) groups excluding carboxylic acids is 1. The highest BCUT2D eigenvalue weighted by molar-refractivity contribution is 9.10. The first kappa shape index (κ1) is 15.1. The number of amides is 1. The smallest absolute Gasteiger partial charge is 0.231 e. The molecule has 1 aromatic rings. The largest absolute Gasteiger partial charge is 0.383 e. The maximum Gasteiger partial charge on any atom is 0.231 e. The van der Waals surface area contributed by atoms with Gasteiger partial charge in [0.05, 0.1) is 13.2 Å². The van der Waals surface area contributed by atoms with Gasteiger partial charge in [0.25, 0.3) is 0 Å². The molecule has 0 unspecified atom stereocenters. The zero-order valence-electron chi connectivity index (χ0n) is 10.2. The van der Waals surface area contributed by atoms with Gasteiger partial charge in [0.15, 0.2) is 0 Å². The van der Waals surface area contributed by atoms with Crippen molar-refractivity contribution in [2.24, 2.45) is 5.73 Å². The Hall–Kier alpha value is -0.980. The van der Waals surface area contributed by atoms with Gasteiger partial charge in [-0.2, -0.15) is 0 Å². The van der Waals surface area contributed by atoms with Crippen molar-refractivity contribution < 1.29 is 13.9 Å². The second-order valence-electron chi connectivity index (χ2n) is 3.91. The normalized spacial score (nSPS) is 10.9. The monoisotopic (exact) mass is 318 g/mol. The zero-order valence-corrected chi connectivity index (χ0v) is 11.7. The Kier molecular flexibility index (Phi) is 6.24. The first-order valence-electron chi connectivity index (χ1n) is 5.46. The molecule has 0 atom stereocenters. The van der Waals surface area contributed by atoms with Crippen LogP contribution in [0.15, 0.2) is 22.7 Å². The lowest BCUT2D eigenvalue weighted by Crippen LogP contribution is -2.35. The Morgan fingerprint density at radius 1 is 1.56 bits per heavy atom. The number of nitrogens with zero attached hydrogens (tertiary/aromatic N) is 1. The fourth-order valence-electron chi connectivity index (χ4n) is 1.56. The van der Waals surface area contributed by atoms with E-state index >= 15 is 0 Å². The summed E-state index contributed by atoms with van der Waals surface area (Å²) in [5.74, 6) is -0.724. The van der Waals surface area contributed by atoms with E-state index in [-0.39, 0.29) is 12.4 Å². The lowest BCUT2D eigenvalue weighted by atomic mass is 10.2. The standard InChI is InChI=1S/C12H16BrFN2O2/c1-18-5-4-16(8-12(15)17)7-9-6-10(14)2-3-11(9)13/h2-3,6H,4-5,7-8H2,1H3,(H2,15,17). The van der Waals surface area contributed by atoms with Crippen LogP contribution in [0.3, 0.4) is 0 Å². The number of halogens is 2. The summed E-state index contributed by atoms with van der Waals surface area (Å²) < 4.78 is 18.9. The summed E-state index contributed by atoms with van der Waals surface area (Å²) in [6, 6.07) is 4.45. The van der Waals surface area contributed by atoms with E-state index in [1.54, 1.807) is 13.2 Å². The number of rotatable bonds is 7. The van der Waals surface area contributed by atoms with Gasteiger partial charge in [-0.25, -0.2) is 4.39 Å². The number of methoxy groups -OCH3 is 1. The molecule has 1 amide bonds. The Bertz CT molecular complexity index is 415. The minimum absolute atomic E-state index is 0.117. The molecule has 0 aromatic heterocycles. The molecule has 0 aliphatic carbocycles.